The lowest BCUT2D eigenvalue weighted by atomic mass is 10.4. The summed E-state index contributed by atoms with van der Waals surface area (Å²) in [4.78, 5) is 14.4. The Balaban J connectivity index is 3.46. The van der Waals surface area contributed by atoms with Gasteiger partial charge in [0.1, 0.15) is 3.57 Å². The number of pyridine rings is 1. The Morgan fingerprint density at radius 1 is 1.07 bits per heavy atom. The van der Waals surface area contributed by atoms with Crippen molar-refractivity contribution >= 4 is 22.6 Å². The molecular weight excluding hydrogens is 301 g/mol. The Labute approximate surface area is 94.5 Å². The van der Waals surface area contributed by atoms with Gasteiger partial charge in [-0.1, -0.05) is 0 Å². The first-order chi connectivity index (χ1) is 6.65. The zero-order valence-corrected chi connectivity index (χ0v) is 10.2. The first-order valence-electron chi connectivity index (χ1n) is 3.73. The van der Waals surface area contributed by atoms with Crippen molar-refractivity contribution in [3.63, 3.8) is 0 Å². The molecule has 5 nitrogen and oxygen atoms in total. The van der Waals surface area contributed by atoms with Gasteiger partial charge < -0.3 is 14.2 Å². The number of halogens is 1. The zero-order valence-electron chi connectivity index (χ0n) is 8.01. The molecule has 0 saturated heterocycles. The summed E-state index contributed by atoms with van der Waals surface area (Å²) in [5, 5.41) is 0. The van der Waals surface area contributed by atoms with Gasteiger partial charge in [0.25, 0.3) is 0 Å². The van der Waals surface area contributed by atoms with Crippen LogP contribution in [0.15, 0.2) is 4.79 Å². The molecule has 0 aliphatic rings. The lowest BCUT2D eigenvalue weighted by molar-refractivity contribution is 0.325. The lowest BCUT2D eigenvalue weighted by Gasteiger charge is -2.09. The molecule has 0 fully saturated rings. The highest BCUT2D eigenvalue weighted by Gasteiger charge is 2.16. The average Bonchev–Trinajstić information content (AvgIpc) is 2.21. The van der Waals surface area contributed by atoms with Crippen LogP contribution in [0.3, 0.4) is 0 Å². The molecule has 6 heteroatoms. The number of nitrogens with one attached hydrogen (secondary N) is 1. The number of H-pyrrole nitrogens is 1. The fourth-order valence-corrected chi connectivity index (χ4v) is 1.59. The van der Waals surface area contributed by atoms with E-state index in [0.717, 1.165) is 0 Å². The summed E-state index contributed by atoms with van der Waals surface area (Å²) < 4.78 is 15.3. The third-order valence-corrected chi connectivity index (χ3v) is 2.63. The SMILES string of the molecule is COc1[nH]c(OC)c(OC)c(=O)c1I. The summed E-state index contributed by atoms with van der Waals surface area (Å²) in [5.74, 6) is 0.778. The summed E-state index contributed by atoms with van der Waals surface area (Å²) in [7, 11) is 4.33. The van der Waals surface area contributed by atoms with E-state index in [4.69, 9.17) is 14.2 Å². The van der Waals surface area contributed by atoms with E-state index >= 15 is 0 Å². The van der Waals surface area contributed by atoms with Gasteiger partial charge >= 0.3 is 0 Å². The number of hydrogen-bond acceptors (Lipinski definition) is 4. The van der Waals surface area contributed by atoms with Crippen molar-refractivity contribution in [2.45, 2.75) is 0 Å². The first kappa shape index (κ1) is 11.2. The number of hydrogen-bond donors (Lipinski definition) is 1. The van der Waals surface area contributed by atoms with Crippen LogP contribution in [0.25, 0.3) is 0 Å². The maximum absolute atomic E-state index is 11.6. The summed E-state index contributed by atoms with van der Waals surface area (Å²) in [5.41, 5.74) is -0.249. The lowest BCUT2D eigenvalue weighted by Crippen LogP contribution is -2.13. The highest BCUT2D eigenvalue weighted by atomic mass is 127. The molecule has 0 saturated carbocycles. The summed E-state index contributed by atoms with van der Waals surface area (Å²) in [6.45, 7) is 0. The largest absolute Gasteiger partial charge is 0.488 e. The zero-order chi connectivity index (χ0) is 10.7. The monoisotopic (exact) mass is 311 g/mol. The van der Waals surface area contributed by atoms with E-state index in [1.54, 1.807) is 0 Å². The van der Waals surface area contributed by atoms with E-state index in [2.05, 4.69) is 4.98 Å². The Kier molecular flexibility index (Phi) is 3.62. The second-order valence-corrected chi connectivity index (χ2v) is 3.45. The van der Waals surface area contributed by atoms with E-state index in [0.29, 0.717) is 9.45 Å². The van der Waals surface area contributed by atoms with Gasteiger partial charge in [-0.3, -0.25) is 9.78 Å². The second kappa shape index (κ2) is 4.54. The van der Waals surface area contributed by atoms with Crippen LogP contribution in [0.2, 0.25) is 0 Å². The number of aromatic amines is 1. The standard InChI is InChI=1S/C8H10INO4/c1-12-6-5(11)4(9)7(13-2)10-8(6)14-3/h1-3H3,(H,10,11). The molecule has 0 aliphatic carbocycles. The van der Waals surface area contributed by atoms with Gasteiger partial charge in [-0.05, 0) is 22.6 Å². The van der Waals surface area contributed by atoms with Gasteiger partial charge in [0.2, 0.25) is 22.9 Å². The molecule has 0 radical (unpaired) electrons. The van der Waals surface area contributed by atoms with Gasteiger partial charge in [-0.15, -0.1) is 0 Å². The fraction of sp³-hybridized carbons (Fsp3) is 0.375. The van der Waals surface area contributed by atoms with Crippen molar-refractivity contribution in [2.75, 3.05) is 21.3 Å². The van der Waals surface area contributed by atoms with Crippen molar-refractivity contribution < 1.29 is 14.2 Å². The molecule has 0 atom stereocenters. The third-order valence-electron chi connectivity index (χ3n) is 1.65. The molecule has 0 aromatic carbocycles. The molecule has 1 aromatic rings. The Morgan fingerprint density at radius 2 is 1.64 bits per heavy atom. The van der Waals surface area contributed by atoms with Gasteiger partial charge in [-0.25, -0.2) is 0 Å². The molecule has 1 aromatic heterocycles. The summed E-state index contributed by atoms with van der Waals surface area (Å²) in [6, 6.07) is 0. The molecule has 1 rings (SSSR count). The molecule has 0 amide bonds. The van der Waals surface area contributed by atoms with E-state index < -0.39 is 0 Å². The van der Waals surface area contributed by atoms with Crippen molar-refractivity contribution in [3.8, 4) is 17.5 Å². The minimum absolute atomic E-state index is 0.151. The van der Waals surface area contributed by atoms with Crippen LogP contribution in [0, 0.1) is 3.57 Å². The Morgan fingerprint density at radius 3 is 2.07 bits per heavy atom. The summed E-state index contributed by atoms with van der Waals surface area (Å²) >= 11 is 1.88. The van der Waals surface area contributed by atoms with Crippen LogP contribution in [0.1, 0.15) is 0 Å². The molecule has 1 heterocycles. The van der Waals surface area contributed by atoms with Crippen molar-refractivity contribution in [2.24, 2.45) is 0 Å². The quantitative estimate of drug-likeness (QED) is 0.846. The number of aromatic nitrogens is 1. The molecule has 14 heavy (non-hydrogen) atoms. The van der Waals surface area contributed by atoms with Gasteiger partial charge in [0.05, 0.1) is 21.3 Å². The predicted octanol–water partition coefficient (Wildman–Crippen LogP) is 1.01. The van der Waals surface area contributed by atoms with E-state index in [-0.39, 0.29) is 17.1 Å². The van der Waals surface area contributed by atoms with E-state index in [9.17, 15) is 4.79 Å². The second-order valence-electron chi connectivity index (χ2n) is 2.37. The van der Waals surface area contributed by atoms with Crippen LogP contribution < -0.4 is 19.6 Å². The number of ether oxygens (including phenoxy) is 3. The molecule has 0 unspecified atom stereocenters. The van der Waals surface area contributed by atoms with Crippen molar-refractivity contribution in [1.29, 1.82) is 0 Å². The topological polar surface area (TPSA) is 60.6 Å². The Hall–Kier alpha value is -0.920. The molecule has 0 spiro atoms. The predicted molar refractivity (Wildman–Crippen MR) is 59.4 cm³/mol. The van der Waals surface area contributed by atoms with Crippen LogP contribution in [-0.4, -0.2) is 26.3 Å². The fourth-order valence-electron chi connectivity index (χ4n) is 0.990. The average molecular weight is 311 g/mol. The van der Waals surface area contributed by atoms with E-state index in [1.165, 1.54) is 21.3 Å². The van der Waals surface area contributed by atoms with Crippen LogP contribution in [-0.2, 0) is 0 Å². The molecule has 0 bridgehead atoms. The van der Waals surface area contributed by atoms with Crippen LogP contribution >= 0.6 is 22.6 Å². The first-order valence-corrected chi connectivity index (χ1v) is 4.81. The highest BCUT2D eigenvalue weighted by molar-refractivity contribution is 14.1. The number of rotatable bonds is 3. The van der Waals surface area contributed by atoms with Gasteiger partial charge in [0, 0.05) is 0 Å². The molecule has 0 aliphatic heterocycles. The summed E-state index contributed by atoms with van der Waals surface area (Å²) in [6.07, 6.45) is 0. The maximum Gasteiger partial charge on any atom is 0.244 e. The van der Waals surface area contributed by atoms with Crippen molar-refractivity contribution in [1.82, 2.24) is 4.98 Å². The number of methoxy groups -OCH3 is 3. The van der Waals surface area contributed by atoms with E-state index in [1.807, 2.05) is 22.6 Å². The maximum atomic E-state index is 11.6. The van der Waals surface area contributed by atoms with Gasteiger partial charge in [-0.2, -0.15) is 0 Å². The van der Waals surface area contributed by atoms with Gasteiger partial charge in [0.15, 0.2) is 0 Å². The minimum Gasteiger partial charge on any atom is -0.488 e. The normalized spacial score (nSPS) is 9.71. The Bertz CT molecular complexity index is 388. The highest BCUT2D eigenvalue weighted by Crippen LogP contribution is 2.26. The smallest absolute Gasteiger partial charge is 0.244 e. The van der Waals surface area contributed by atoms with Crippen LogP contribution in [0.5, 0.6) is 17.5 Å². The molecular formula is C8H10INO4. The molecule has 1 N–H and O–H groups in total. The molecule has 78 valence electrons. The van der Waals surface area contributed by atoms with Crippen molar-refractivity contribution in [3.05, 3.63) is 13.8 Å². The minimum atomic E-state index is -0.249. The third kappa shape index (κ3) is 1.79. The van der Waals surface area contributed by atoms with Crippen LogP contribution in [0.4, 0.5) is 0 Å².